The fourth-order valence-electron chi connectivity index (χ4n) is 3.07. The third-order valence-corrected chi connectivity index (χ3v) is 7.54. The average Bonchev–Trinajstić information content (AvgIpc) is 3.31. The van der Waals surface area contributed by atoms with Crippen molar-refractivity contribution < 1.29 is 19.1 Å². The van der Waals surface area contributed by atoms with Crippen LogP contribution < -0.4 is 9.46 Å². The van der Waals surface area contributed by atoms with Crippen molar-refractivity contribution in [2.75, 3.05) is 12.5 Å². The summed E-state index contributed by atoms with van der Waals surface area (Å²) in [5, 5.41) is 6.65. The van der Waals surface area contributed by atoms with Crippen molar-refractivity contribution in [3.8, 4) is 5.88 Å². The molecule has 28 heavy (non-hydrogen) atoms. The Bertz CT molecular complexity index is 1020. The number of esters is 1. The van der Waals surface area contributed by atoms with Crippen molar-refractivity contribution in [1.29, 1.82) is 0 Å². The van der Waals surface area contributed by atoms with E-state index in [0.717, 1.165) is 9.79 Å². The van der Waals surface area contributed by atoms with Gasteiger partial charge < -0.3 is 14.2 Å². The predicted molar refractivity (Wildman–Crippen MR) is 105 cm³/mol. The number of amides is 1. The van der Waals surface area contributed by atoms with Crippen molar-refractivity contribution in [2.45, 2.75) is 16.7 Å². The summed E-state index contributed by atoms with van der Waals surface area (Å²) in [6.45, 7) is 2.01. The monoisotopic (exact) mass is 397 g/mol. The minimum atomic E-state index is -1.96. The van der Waals surface area contributed by atoms with Crippen molar-refractivity contribution >= 4 is 22.1 Å². The molecule has 0 saturated carbocycles. The molecule has 1 unspecified atom stereocenters. The SMILES string of the molecule is CCOC(=O)c1cc(OCS2(c3ccccc3)NC(=O)c3ccccc32)n[nH]1. The summed E-state index contributed by atoms with van der Waals surface area (Å²) < 4.78 is 14.0. The molecule has 1 atom stereocenters. The van der Waals surface area contributed by atoms with Gasteiger partial charge in [-0.25, -0.2) is 4.79 Å². The molecule has 0 bridgehead atoms. The zero-order chi connectivity index (χ0) is 19.6. The number of carbonyl (C=O) groups is 2. The van der Waals surface area contributed by atoms with E-state index in [1.807, 2.05) is 54.6 Å². The van der Waals surface area contributed by atoms with Crippen molar-refractivity contribution in [3.63, 3.8) is 0 Å². The van der Waals surface area contributed by atoms with Gasteiger partial charge in [-0.1, -0.05) is 40.5 Å². The highest BCUT2D eigenvalue weighted by Crippen LogP contribution is 2.63. The largest absolute Gasteiger partial charge is 0.465 e. The quantitative estimate of drug-likeness (QED) is 0.621. The Labute approximate surface area is 163 Å². The number of nitrogens with one attached hydrogen (secondary N) is 2. The van der Waals surface area contributed by atoms with Gasteiger partial charge in [-0.05, 0) is 31.2 Å². The summed E-state index contributed by atoms with van der Waals surface area (Å²) in [7, 11) is -1.96. The van der Waals surface area contributed by atoms with Gasteiger partial charge in [0.15, 0.2) is 0 Å². The maximum Gasteiger partial charge on any atom is 0.356 e. The van der Waals surface area contributed by atoms with Crippen LogP contribution in [0.4, 0.5) is 0 Å². The van der Waals surface area contributed by atoms with Gasteiger partial charge in [0.2, 0.25) is 5.88 Å². The molecule has 7 nitrogen and oxygen atoms in total. The van der Waals surface area contributed by atoms with Crippen LogP contribution in [0.5, 0.6) is 5.88 Å². The predicted octanol–water partition coefficient (Wildman–Crippen LogP) is 3.50. The molecule has 1 aliphatic heterocycles. The molecule has 0 radical (unpaired) electrons. The number of H-pyrrole nitrogens is 1. The Morgan fingerprint density at radius 3 is 2.64 bits per heavy atom. The Balaban J connectivity index is 1.66. The molecule has 0 spiro atoms. The van der Waals surface area contributed by atoms with Crippen LogP contribution in [0.1, 0.15) is 27.8 Å². The van der Waals surface area contributed by atoms with E-state index in [0.29, 0.717) is 5.56 Å². The molecule has 2 aromatic carbocycles. The second kappa shape index (κ2) is 7.40. The van der Waals surface area contributed by atoms with E-state index >= 15 is 0 Å². The van der Waals surface area contributed by atoms with E-state index in [4.69, 9.17) is 9.47 Å². The number of nitrogens with zero attached hydrogens (tertiary/aromatic N) is 1. The molecule has 0 fully saturated rings. The molecule has 2 heterocycles. The van der Waals surface area contributed by atoms with Gasteiger partial charge in [0.05, 0.1) is 12.2 Å². The number of benzene rings is 2. The maximum absolute atomic E-state index is 12.6. The molecular weight excluding hydrogens is 378 g/mol. The number of carbonyl (C=O) groups excluding carboxylic acids is 2. The third kappa shape index (κ3) is 3.11. The summed E-state index contributed by atoms with van der Waals surface area (Å²) in [5.41, 5.74) is 0.871. The maximum atomic E-state index is 12.6. The molecule has 1 amide bonds. The van der Waals surface area contributed by atoms with E-state index in [2.05, 4.69) is 14.9 Å². The second-order valence-corrected chi connectivity index (χ2v) is 8.91. The number of aromatic nitrogens is 2. The molecule has 4 rings (SSSR count). The first-order valence-corrected chi connectivity index (χ1v) is 10.6. The number of ether oxygens (including phenoxy) is 2. The lowest BCUT2D eigenvalue weighted by atomic mass is 10.2. The van der Waals surface area contributed by atoms with Crippen LogP contribution in [0.25, 0.3) is 0 Å². The fraction of sp³-hybridized carbons (Fsp3) is 0.150. The molecule has 144 valence electrons. The van der Waals surface area contributed by atoms with Gasteiger partial charge in [-0.3, -0.25) is 9.89 Å². The zero-order valence-corrected chi connectivity index (χ0v) is 16.0. The van der Waals surface area contributed by atoms with E-state index in [1.165, 1.54) is 6.07 Å². The first kappa shape index (κ1) is 18.1. The van der Waals surface area contributed by atoms with Gasteiger partial charge in [-0.15, -0.1) is 5.10 Å². The molecule has 0 saturated heterocycles. The number of aromatic amines is 1. The first-order valence-electron chi connectivity index (χ1n) is 8.76. The number of hydrogen-bond acceptors (Lipinski definition) is 5. The lowest BCUT2D eigenvalue weighted by molar-refractivity contribution is 0.0519. The normalized spacial score (nSPS) is 20.0. The van der Waals surface area contributed by atoms with E-state index in [-0.39, 0.29) is 30.0 Å². The number of fused-ring (bicyclic) bond motifs is 1. The summed E-state index contributed by atoms with van der Waals surface area (Å²) in [4.78, 5) is 26.3. The van der Waals surface area contributed by atoms with E-state index < -0.39 is 16.2 Å². The van der Waals surface area contributed by atoms with Crippen LogP contribution >= 0.6 is 10.2 Å². The summed E-state index contributed by atoms with van der Waals surface area (Å²) in [6, 6.07) is 18.8. The third-order valence-electron chi connectivity index (χ3n) is 4.35. The van der Waals surface area contributed by atoms with Gasteiger partial charge >= 0.3 is 5.97 Å². The van der Waals surface area contributed by atoms with E-state index in [9.17, 15) is 9.59 Å². The lowest BCUT2D eigenvalue weighted by Gasteiger charge is -2.36. The fourth-order valence-corrected chi connectivity index (χ4v) is 6.06. The van der Waals surface area contributed by atoms with Crippen LogP contribution in [-0.4, -0.2) is 34.6 Å². The molecule has 0 aliphatic carbocycles. The number of rotatable bonds is 6. The standard InChI is InChI=1S/C20H19N3O4S/c1-2-26-20(25)16-12-18(22-21-16)27-13-28(14-8-4-3-5-9-14)17-11-7-6-10-15(17)19(24)23-28/h3-12H,2,13H2,1H3,(H,21,22)(H,23,24). The van der Waals surface area contributed by atoms with Gasteiger partial charge in [0, 0.05) is 15.9 Å². The lowest BCUT2D eigenvalue weighted by Crippen LogP contribution is -2.24. The van der Waals surface area contributed by atoms with Crippen LogP contribution in [0.3, 0.4) is 0 Å². The van der Waals surface area contributed by atoms with Crippen molar-refractivity contribution in [1.82, 2.24) is 14.9 Å². The Kier molecular flexibility index (Phi) is 4.79. The summed E-state index contributed by atoms with van der Waals surface area (Å²) in [5.74, 6) is -0.140. The van der Waals surface area contributed by atoms with Crippen molar-refractivity contribution in [2.24, 2.45) is 0 Å². The highest BCUT2D eigenvalue weighted by atomic mass is 32.3. The van der Waals surface area contributed by atoms with Gasteiger partial charge in [0.1, 0.15) is 11.6 Å². The highest BCUT2D eigenvalue weighted by Gasteiger charge is 2.40. The smallest absolute Gasteiger partial charge is 0.356 e. The molecule has 8 heteroatoms. The minimum absolute atomic E-state index is 0.118. The van der Waals surface area contributed by atoms with Crippen molar-refractivity contribution in [3.05, 3.63) is 71.9 Å². The van der Waals surface area contributed by atoms with E-state index in [1.54, 1.807) is 6.92 Å². The Morgan fingerprint density at radius 2 is 1.86 bits per heavy atom. The second-order valence-electron chi connectivity index (χ2n) is 6.08. The summed E-state index contributed by atoms with van der Waals surface area (Å²) >= 11 is 0. The average molecular weight is 397 g/mol. The molecule has 1 aliphatic rings. The zero-order valence-electron chi connectivity index (χ0n) is 15.2. The van der Waals surface area contributed by atoms with Gasteiger partial charge in [-0.2, -0.15) is 0 Å². The minimum Gasteiger partial charge on any atom is -0.465 e. The molecule has 1 aromatic heterocycles. The number of hydrogen-bond donors (Lipinski definition) is 2. The summed E-state index contributed by atoms with van der Waals surface area (Å²) in [6.07, 6.45) is 0. The van der Waals surface area contributed by atoms with Gasteiger partial charge in [0.25, 0.3) is 5.91 Å². The molecule has 2 N–H and O–H groups in total. The van der Waals surface area contributed by atoms with Crippen LogP contribution in [0, 0.1) is 0 Å². The Hall–Kier alpha value is -3.26. The van der Waals surface area contributed by atoms with Crippen LogP contribution in [-0.2, 0) is 4.74 Å². The first-order chi connectivity index (χ1) is 13.6. The molecule has 3 aromatic rings. The Morgan fingerprint density at radius 1 is 1.11 bits per heavy atom. The van der Waals surface area contributed by atoms with Crippen LogP contribution in [0.2, 0.25) is 0 Å². The van der Waals surface area contributed by atoms with Crippen LogP contribution in [0.15, 0.2) is 70.5 Å². The topological polar surface area (TPSA) is 93.3 Å². The molecular formula is C20H19N3O4S. The highest BCUT2D eigenvalue weighted by molar-refractivity contribution is 8.32.